The Hall–Kier alpha value is -2.36. The first-order valence-electron chi connectivity index (χ1n) is 10.0. The number of hydrazine groups is 1. The Bertz CT molecular complexity index is 975. The maximum Gasteiger partial charge on any atom is 0.269 e. The van der Waals surface area contributed by atoms with E-state index in [9.17, 15) is 18.0 Å². The van der Waals surface area contributed by atoms with Crippen molar-refractivity contribution in [3.63, 3.8) is 0 Å². The molecule has 0 aliphatic heterocycles. The average Bonchev–Trinajstić information content (AvgIpc) is 2.76. The minimum absolute atomic E-state index is 0.170. The number of carbonyl (C=O) groups excluding carboxylic acids is 2. The third kappa shape index (κ3) is 7.68. The molecule has 0 saturated heterocycles. The van der Waals surface area contributed by atoms with Crippen molar-refractivity contribution in [3.8, 4) is 0 Å². The first-order valence-corrected chi connectivity index (χ1v) is 12.6. The molecule has 2 rings (SSSR count). The van der Waals surface area contributed by atoms with Crippen molar-refractivity contribution in [1.82, 2.24) is 15.2 Å². The Morgan fingerprint density at radius 1 is 1.00 bits per heavy atom. The van der Waals surface area contributed by atoms with Gasteiger partial charge in [-0.2, -0.15) is 16.1 Å². The SMILES string of the molecule is CCCCSCC(=O)NNC(=O)c1ccc(CN(C)S(=O)(=O)c2ccc(C)cc2)cc1. The summed E-state index contributed by atoms with van der Waals surface area (Å²) in [4.78, 5) is 24.2. The van der Waals surface area contributed by atoms with Gasteiger partial charge >= 0.3 is 0 Å². The zero-order valence-corrected chi connectivity index (χ0v) is 19.7. The van der Waals surface area contributed by atoms with E-state index in [1.807, 2.05) is 6.92 Å². The number of nitrogens with zero attached hydrogens (tertiary/aromatic N) is 1. The van der Waals surface area contributed by atoms with E-state index in [0.717, 1.165) is 29.7 Å². The van der Waals surface area contributed by atoms with Gasteiger partial charge in [-0.25, -0.2) is 8.42 Å². The van der Waals surface area contributed by atoms with Gasteiger partial charge in [-0.15, -0.1) is 0 Å². The van der Waals surface area contributed by atoms with Gasteiger partial charge in [0, 0.05) is 19.2 Å². The molecule has 9 heteroatoms. The van der Waals surface area contributed by atoms with Gasteiger partial charge in [0.25, 0.3) is 5.91 Å². The van der Waals surface area contributed by atoms with Gasteiger partial charge in [-0.1, -0.05) is 43.2 Å². The van der Waals surface area contributed by atoms with E-state index in [4.69, 9.17) is 0 Å². The lowest BCUT2D eigenvalue weighted by Crippen LogP contribution is -2.42. The summed E-state index contributed by atoms with van der Waals surface area (Å²) in [6.45, 7) is 4.16. The Balaban J connectivity index is 1.88. The number of thioether (sulfide) groups is 1. The molecular formula is C22H29N3O4S2. The van der Waals surface area contributed by atoms with E-state index < -0.39 is 15.9 Å². The lowest BCUT2D eigenvalue weighted by Gasteiger charge is -2.17. The van der Waals surface area contributed by atoms with Crippen molar-refractivity contribution in [2.45, 2.75) is 38.1 Å². The monoisotopic (exact) mass is 463 g/mol. The molecule has 0 atom stereocenters. The molecule has 0 fully saturated rings. The molecule has 0 saturated carbocycles. The molecule has 2 aromatic carbocycles. The minimum Gasteiger partial charge on any atom is -0.272 e. The van der Waals surface area contributed by atoms with E-state index in [2.05, 4.69) is 17.8 Å². The van der Waals surface area contributed by atoms with Crippen LogP contribution in [-0.4, -0.2) is 43.1 Å². The Morgan fingerprint density at radius 3 is 2.26 bits per heavy atom. The van der Waals surface area contributed by atoms with Gasteiger partial charge in [0.2, 0.25) is 15.9 Å². The molecular weight excluding hydrogens is 434 g/mol. The summed E-state index contributed by atoms with van der Waals surface area (Å²) in [6.07, 6.45) is 2.13. The molecule has 0 spiro atoms. The number of sulfonamides is 1. The van der Waals surface area contributed by atoms with Crippen LogP contribution < -0.4 is 10.9 Å². The summed E-state index contributed by atoms with van der Waals surface area (Å²) >= 11 is 1.52. The van der Waals surface area contributed by atoms with Crippen LogP contribution in [0, 0.1) is 6.92 Å². The van der Waals surface area contributed by atoms with Crippen molar-refractivity contribution < 1.29 is 18.0 Å². The fourth-order valence-electron chi connectivity index (χ4n) is 2.64. The fraction of sp³-hybridized carbons (Fsp3) is 0.364. The van der Waals surface area contributed by atoms with Crippen molar-refractivity contribution in [3.05, 3.63) is 65.2 Å². The predicted octanol–water partition coefficient (Wildman–Crippen LogP) is 3.11. The van der Waals surface area contributed by atoms with E-state index in [1.54, 1.807) is 48.5 Å². The van der Waals surface area contributed by atoms with Crippen LogP contribution in [0.25, 0.3) is 0 Å². The second kappa shape index (κ2) is 11.9. The molecule has 0 aromatic heterocycles. The number of hydrogen-bond acceptors (Lipinski definition) is 5. The smallest absolute Gasteiger partial charge is 0.269 e. The number of benzene rings is 2. The molecule has 31 heavy (non-hydrogen) atoms. The second-order valence-corrected chi connectivity index (χ2v) is 10.3. The summed E-state index contributed by atoms with van der Waals surface area (Å²) in [6, 6.07) is 13.3. The highest BCUT2D eigenvalue weighted by Crippen LogP contribution is 2.17. The largest absolute Gasteiger partial charge is 0.272 e. The summed E-state index contributed by atoms with van der Waals surface area (Å²) in [5.41, 5.74) is 6.89. The maximum absolute atomic E-state index is 12.7. The molecule has 2 amide bonds. The van der Waals surface area contributed by atoms with Crippen molar-refractivity contribution >= 4 is 33.6 Å². The van der Waals surface area contributed by atoms with Crippen LogP contribution in [0.3, 0.4) is 0 Å². The highest BCUT2D eigenvalue weighted by atomic mass is 32.2. The maximum atomic E-state index is 12.7. The molecule has 0 aliphatic rings. The molecule has 2 N–H and O–H groups in total. The number of carbonyl (C=O) groups is 2. The number of nitrogens with one attached hydrogen (secondary N) is 2. The first-order chi connectivity index (χ1) is 14.7. The Labute approximate surface area is 188 Å². The molecule has 0 radical (unpaired) electrons. The molecule has 0 unspecified atom stereocenters. The molecule has 7 nitrogen and oxygen atoms in total. The average molecular weight is 464 g/mol. The van der Waals surface area contributed by atoms with Crippen molar-refractivity contribution in [2.75, 3.05) is 18.6 Å². The van der Waals surface area contributed by atoms with Gasteiger partial charge in [0.15, 0.2) is 0 Å². The van der Waals surface area contributed by atoms with E-state index >= 15 is 0 Å². The van der Waals surface area contributed by atoms with Crippen LogP contribution >= 0.6 is 11.8 Å². The number of aryl methyl sites for hydroxylation is 1. The van der Waals surface area contributed by atoms with Crippen LogP contribution in [0.15, 0.2) is 53.4 Å². The zero-order chi connectivity index (χ0) is 22.9. The summed E-state index contributed by atoms with van der Waals surface area (Å²) in [5, 5.41) is 0. The number of amides is 2. The van der Waals surface area contributed by atoms with E-state index in [1.165, 1.54) is 23.1 Å². The van der Waals surface area contributed by atoms with E-state index in [-0.39, 0.29) is 17.3 Å². The highest BCUT2D eigenvalue weighted by Gasteiger charge is 2.20. The van der Waals surface area contributed by atoms with Gasteiger partial charge in [-0.05, 0) is 48.9 Å². The minimum atomic E-state index is -3.61. The Kier molecular flexibility index (Phi) is 9.54. The number of unbranched alkanes of at least 4 members (excludes halogenated alkanes) is 1. The van der Waals surface area contributed by atoms with Gasteiger partial charge in [-0.3, -0.25) is 20.4 Å². The third-order valence-corrected chi connectivity index (χ3v) is 7.40. The summed E-state index contributed by atoms with van der Waals surface area (Å²) < 4.78 is 26.7. The summed E-state index contributed by atoms with van der Waals surface area (Å²) in [7, 11) is -2.09. The van der Waals surface area contributed by atoms with Crippen LogP contribution in [0.1, 0.15) is 41.3 Å². The molecule has 168 valence electrons. The number of hydrogen-bond donors (Lipinski definition) is 2. The van der Waals surface area contributed by atoms with Crippen molar-refractivity contribution in [1.29, 1.82) is 0 Å². The molecule has 0 bridgehead atoms. The predicted molar refractivity (Wildman–Crippen MR) is 124 cm³/mol. The quantitative estimate of drug-likeness (QED) is 0.417. The van der Waals surface area contributed by atoms with E-state index in [0.29, 0.717) is 11.3 Å². The zero-order valence-electron chi connectivity index (χ0n) is 18.1. The molecule has 0 heterocycles. The van der Waals surface area contributed by atoms with Gasteiger partial charge < -0.3 is 0 Å². The van der Waals surface area contributed by atoms with Crippen molar-refractivity contribution in [2.24, 2.45) is 0 Å². The van der Waals surface area contributed by atoms with Crippen LogP contribution in [0.2, 0.25) is 0 Å². The van der Waals surface area contributed by atoms with Gasteiger partial charge in [0.1, 0.15) is 0 Å². The van der Waals surface area contributed by atoms with Crippen LogP contribution in [0.4, 0.5) is 0 Å². The van der Waals surface area contributed by atoms with Gasteiger partial charge in [0.05, 0.1) is 10.6 Å². The third-order valence-electron chi connectivity index (χ3n) is 4.54. The van der Waals surface area contributed by atoms with Crippen LogP contribution in [-0.2, 0) is 21.4 Å². The Morgan fingerprint density at radius 2 is 1.65 bits per heavy atom. The second-order valence-electron chi connectivity index (χ2n) is 7.18. The topological polar surface area (TPSA) is 95.6 Å². The highest BCUT2D eigenvalue weighted by molar-refractivity contribution is 7.99. The van der Waals surface area contributed by atoms with Crippen LogP contribution in [0.5, 0.6) is 0 Å². The molecule has 0 aliphatic carbocycles. The number of rotatable bonds is 10. The normalized spacial score (nSPS) is 11.4. The summed E-state index contributed by atoms with van der Waals surface area (Å²) in [5.74, 6) is 0.516. The standard InChI is InChI=1S/C22H29N3O4S2/c1-4-5-14-30-16-21(26)23-24-22(27)19-10-8-18(9-11-19)15-25(3)31(28,29)20-12-6-17(2)7-13-20/h6-13H,4-5,14-16H2,1-3H3,(H,23,26)(H,24,27). The lowest BCUT2D eigenvalue weighted by molar-refractivity contribution is -0.119. The lowest BCUT2D eigenvalue weighted by atomic mass is 10.1. The fourth-order valence-corrected chi connectivity index (χ4v) is 4.69. The first kappa shape index (κ1) is 24.9. The molecule has 2 aromatic rings.